The van der Waals surface area contributed by atoms with Gasteiger partial charge in [0.1, 0.15) is 0 Å². The molecule has 4 rings (SSSR count). The summed E-state index contributed by atoms with van der Waals surface area (Å²) in [6.45, 7) is 2.62. The van der Waals surface area contributed by atoms with E-state index in [-0.39, 0.29) is 11.8 Å². The van der Waals surface area contributed by atoms with E-state index < -0.39 is 0 Å². The predicted octanol–water partition coefficient (Wildman–Crippen LogP) is 2.64. The minimum atomic E-state index is 0.0249. The quantitative estimate of drug-likeness (QED) is 0.885. The van der Waals surface area contributed by atoms with E-state index in [1.807, 2.05) is 0 Å². The van der Waals surface area contributed by atoms with Crippen LogP contribution in [-0.2, 0) is 16.1 Å². The third-order valence-corrected chi connectivity index (χ3v) is 5.23. The van der Waals surface area contributed by atoms with Crippen LogP contribution in [0.25, 0.3) is 11.3 Å². The summed E-state index contributed by atoms with van der Waals surface area (Å²) in [7, 11) is 0. The summed E-state index contributed by atoms with van der Waals surface area (Å²) in [6, 6.07) is 4.32. The molecule has 0 spiro atoms. The van der Waals surface area contributed by atoms with Crippen molar-refractivity contribution in [2.24, 2.45) is 5.92 Å². The second-order valence-electron chi connectivity index (χ2n) is 6.32. The van der Waals surface area contributed by atoms with Crippen LogP contribution in [-0.4, -0.2) is 35.4 Å². The maximum atomic E-state index is 12.0. The van der Waals surface area contributed by atoms with Crippen LogP contribution < -0.4 is 5.32 Å². The molecule has 1 atom stereocenters. The average Bonchev–Trinajstić information content (AvgIpc) is 3.05. The van der Waals surface area contributed by atoms with Gasteiger partial charge in [-0.25, -0.2) is 0 Å². The van der Waals surface area contributed by atoms with E-state index >= 15 is 0 Å². The van der Waals surface area contributed by atoms with E-state index in [1.165, 1.54) is 24.1 Å². The molecule has 0 bridgehead atoms. The van der Waals surface area contributed by atoms with Gasteiger partial charge in [-0.1, -0.05) is 0 Å². The van der Waals surface area contributed by atoms with Crippen molar-refractivity contribution in [2.75, 3.05) is 19.8 Å². The minimum absolute atomic E-state index is 0.0249. The lowest BCUT2D eigenvalue weighted by atomic mass is 10.1. The number of hydrogen-bond donors (Lipinski definition) is 1. The number of nitrogens with one attached hydrogen (secondary N) is 1. The first-order chi connectivity index (χ1) is 11.3. The van der Waals surface area contributed by atoms with Crippen LogP contribution in [0.5, 0.6) is 0 Å². The van der Waals surface area contributed by atoms with Gasteiger partial charge in [-0.05, 0) is 36.8 Å². The van der Waals surface area contributed by atoms with Crippen LogP contribution >= 0.6 is 11.3 Å². The van der Waals surface area contributed by atoms with Crippen molar-refractivity contribution in [3.8, 4) is 11.3 Å². The first kappa shape index (κ1) is 14.9. The van der Waals surface area contributed by atoms with Crippen LogP contribution in [0.4, 0.5) is 0 Å². The molecule has 1 saturated heterocycles. The highest BCUT2D eigenvalue weighted by Crippen LogP contribution is 2.41. The molecule has 2 aromatic heterocycles. The Morgan fingerprint density at radius 3 is 3.04 bits per heavy atom. The zero-order chi connectivity index (χ0) is 15.6. The van der Waals surface area contributed by atoms with E-state index in [1.54, 1.807) is 11.3 Å². The number of hydrogen-bond acceptors (Lipinski definition) is 4. The molecule has 1 aliphatic carbocycles. The molecular weight excluding hydrogens is 310 g/mol. The number of aromatic nitrogens is 2. The summed E-state index contributed by atoms with van der Waals surface area (Å²) >= 11 is 1.69. The van der Waals surface area contributed by atoms with Crippen LogP contribution in [0.1, 0.15) is 30.9 Å². The Morgan fingerprint density at radius 2 is 2.35 bits per heavy atom. The third-order valence-electron chi connectivity index (χ3n) is 4.55. The van der Waals surface area contributed by atoms with Crippen molar-refractivity contribution in [1.29, 1.82) is 0 Å². The molecule has 122 valence electrons. The molecule has 0 radical (unpaired) electrons. The zero-order valence-electron chi connectivity index (χ0n) is 13.0. The topological polar surface area (TPSA) is 56.2 Å². The summed E-state index contributed by atoms with van der Waals surface area (Å²) < 4.78 is 7.35. The molecule has 1 N–H and O–H groups in total. The lowest BCUT2D eigenvalue weighted by Crippen LogP contribution is -2.33. The molecule has 6 heteroatoms. The highest BCUT2D eigenvalue weighted by molar-refractivity contribution is 7.08. The Bertz CT molecular complexity index is 670. The average molecular weight is 331 g/mol. The van der Waals surface area contributed by atoms with Gasteiger partial charge in [-0.15, -0.1) is 0 Å². The largest absolute Gasteiger partial charge is 0.381 e. The molecule has 1 saturated carbocycles. The molecule has 1 aliphatic heterocycles. The molecule has 2 aliphatic rings. The van der Waals surface area contributed by atoms with Crippen molar-refractivity contribution < 1.29 is 9.53 Å². The molecule has 2 fully saturated rings. The first-order valence-electron chi connectivity index (χ1n) is 8.27. The van der Waals surface area contributed by atoms with E-state index in [0.29, 0.717) is 25.7 Å². The summed E-state index contributed by atoms with van der Waals surface area (Å²) in [5, 5.41) is 12.0. The molecule has 23 heavy (non-hydrogen) atoms. The summed E-state index contributed by atoms with van der Waals surface area (Å²) in [4.78, 5) is 12.0. The van der Waals surface area contributed by atoms with Gasteiger partial charge in [-0.3, -0.25) is 9.48 Å². The number of thiophene rings is 1. The molecular formula is C17H21N3O2S. The molecule has 0 unspecified atom stereocenters. The predicted molar refractivity (Wildman–Crippen MR) is 89.5 cm³/mol. The molecule has 1 amide bonds. The Kier molecular flexibility index (Phi) is 4.18. The number of nitrogens with zero attached hydrogens (tertiary/aromatic N) is 2. The summed E-state index contributed by atoms with van der Waals surface area (Å²) in [6.07, 6.45) is 3.34. The Morgan fingerprint density at radius 1 is 1.43 bits per heavy atom. The van der Waals surface area contributed by atoms with Gasteiger partial charge in [0.25, 0.3) is 0 Å². The van der Waals surface area contributed by atoms with Gasteiger partial charge in [0, 0.05) is 35.7 Å². The fourth-order valence-corrected chi connectivity index (χ4v) is 3.69. The van der Waals surface area contributed by atoms with E-state index in [0.717, 1.165) is 18.7 Å². The molecule has 3 heterocycles. The van der Waals surface area contributed by atoms with E-state index in [4.69, 9.17) is 9.84 Å². The minimum Gasteiger partial charge on any atom is -0.381 e. The van der Waals surface area contributed by atoms with Crippen LogP contribution in [0.3, 0.4) is 0 Å². The van der Waals surface area contributed by atoms with Gasteiger partial charge in [0.05, 0.1) is 24.8 Å². The van der Waals surface area contributed by atoms with E-state index in [9.17, 15) is 4.79 Å². The van der Waals surface area contributed by atoms with Crippen molar-refractivity contribution >= 4 is 17.2 Å². The standard InChI is InChI=1S/C17H21N3O2S/c21-17(13-3-7-22-10-13)18-5-6-20-16(12-1-2-12)9-15(19-20)14-4-8-23-11-14/h4,8-9,11-13H,1-3,5-7,10H2,(H,18,21)/t13-/m0/s1. The molecule has 0 aromatic carbocycles. The third kappa shape index (κ3) is 3.33. The number of rotatable bonds is 6. The maximum absolute atomic E-state index is 12.0. The number of carbonyl (C=O) groups is 1. The second-order valence-corrected chi connectivity index (χ2v) is 7.10. The van der Waals surface area contributed by atoms with Gasteiger partial charge >= 0.3 is 0 Å². The zero-order valence-corrected chi connectivity index (χ0v) is 13.8. The summed E-state index contributed by atoms with van der Waals surface area (Å²) in [5.74, 6) is 0.784. The smallest absolute Gasteiger partial charge is 0.225 e. The van der Waals surface area contributed by atoms with Crippen LogP contribution in [0.15, 0.2) is 22.9 Å². The van der Waals surface area contributed by atoms with Crippen molar-refractivity contribution in [2.45, 2.75) is 31.7 Å². The van der Waals surface area contributed by atoms with Gasteiger partial charge in [0.15, 0.2) is 0 Å². The SMILES string of the molecule is O=C(NCCn1nc(-c2ccsc2)cc1C1CC1)[C@H]1CCOC1. The number of ether oxygens (including phenoxy) is 1. The van der Waals surface area contributed by atoms with Crippen LogP contribution in [0.2, 0.25) is 0 Å². The van der Waals surface area contributed by atoms with Crippen molar-refractivity contribution in [3.63, 3.8) is 0 Å². The Balaban J connectivity index is 1.40. The van der Waals surface area contributed by atoms with Gasteiger partial charge < -0.3 is 10.1 Å². The van der Waals surface area contributed by atoms with Crippen molar-refractivity contribution in [3.05, 3.63) is 28.6 Å². The second kappa shape index (κ2) is 6.45. The van der Waals surface area contributed by atoms with E-state index in [2.05, 4.69) is 32.9 Å². The van der Waals surface area contributed by atoms with Gasteiger partial charge in [0.2, 0.25) is 5.91 Å². The highest BCUT2D eigenvalue weighted by atomic mass is 32.1. The number of carbonyl (C=O) groups excluding carboxylic acids is 1. The number of amides is 1. The first-order valence-corrected chi connectivity index (χ1v) is 9.21. The molecule has 5 nitrogen and oxygen atoms in total. The summed E-state index contributed by atoms with van der Waals surface area (Å²) in [5.41, 5.74) is 3.54. The van der Waals surface area contributed by atoms with Gasteiger partial charge in [-0.2, -0.15) is 16.4 Å². The Hall–Kier alpha value is -1.66. The van der Waals surface area contributed by atoms with Crippen molar-refractivity contribution in [1.82, 2.24) is 15.1 Å². The lowest BCUT2D eigenvalue weighted by molar-refractivity contribution is -0.124. The lowest BCUT2D eigenvalue weighted by Gasteiger charge is -2.10. The maximum Gasteiger partial charge on any atom is 0.225 e. The normalized spacial score (nSPS) is 20.8. The molecule has 2 aromatic rings. The highest BCUT2D eigenvalue weighted by Gasteiger charge is 2.28. The monoisotopic (exact) mass is 331 g/mol. The fraction of sp³-hybridized carbons (Fsp3) is 0.529. The van der Waals surface area contributed by atoms with Crippen LogP contribution in [0, 0.1) is 5.92 Å². The fourth-order valence-electron chi connectivity index (χ4n) is 3.04. The Labute approximate surface area is 139 Å².